The van der Waals surface area contributed by atoms with Gasteiger partial charge in [0.05, 0.1) is 16.2 Å². The molecule has 1 heterocycles. The van der Waals surface area contributed by atoms with Gasteiger partial charge in [-0.3, -0.25) is 4.79 Å². The Hall–Kier alpha value is -1.40. The number of carbonyl (C=O) groups is 1. The van der Waals surface area contributed by atoms with E-state index in [9.17, 15) is 13.2 Å². The molecule has 20 heavy (non-hydrogen) atoms. The van der Waals surface area contributed by atoms with Crippen LogP contribution in [0.4, 0.5) is 0 Å². The summed E-state index contributed by atoms with van der Waals surface area (Å²) in [7, 11) is -3.40. The lowest BCUT2D eigenvalue weighted by Gasteiger charge is -2.31. The Balaban J connectivity index is 2.35. The van der Waals surface area contributed by atoms with Gasteiger partial charge in [0, 0.05) is 19.1 Å². The zero-order chi connectivity index (χ0) is 14.8. The van der Waals surface area contributed by atoms with Crippen LogP contribution in [0.2, 0.25) is 0 Å². The van der Waals surface area contributed by atoms with E-state index in [1.165, 1.54) is 6.07 Å². The quantitative estimate of drug-likeness (QED) is 0.904. The molecule has 1 amide bonds. The number of hydrogen-bond acceptors (Lipinski definition) is 4. The molecule has 1 aliphatic heterocycles. The Morgan fingerprint density at radius 2 is 2.10 bits per heavy atom. The van der Waals surface area contributed by atoms with Gasteiger partial charge >= 0.3 is 0 Å². The third-order valence-electron chi connectivity index (χ3n) is 3.58. The predicted molar refractivity (Wildman–Crippen MR) is 77.3 cm³/mol. The van der Waals surface area contributed by atoms with Gasteiger partial charge in [0.15, 0.2) is 9.84 Å². The maximum Gasteiger partial charge on any atom is 0.255 e. The van der Waals surface area contributed by atoms with Crippen LogP contribution in [0, 0.1) is 0 Å². The molecular formula is C14H20N2O3S. The summed E-state index contributed by atoms with van der Waals surface area (Å²) in [6.45, 7) is 2.69. The summed E-state index contributed by atoms with van der Waals surface area (Å²) in [6.07, 6.45) is 1.76. The van der Waals surface area contributed by atoms with Crippen molar-refractivity contribution in [3.63, 3.8) is 0 Å². The van der Waals surface area contributed by atoms with Gasteiger partial charge in [0.1, 0.15) is 0 Å². The van der Waals surface area contributed by atoms with Crippen molar-refractivity contribution >= 4 is 15.7 Å². The Labute approximate surface area is 119 Å². The molecule has 110 valence electrons. The van der Waals surface area contributed by atoms with Crippen LogP contribution >= 0.6 is 0 Å². The lowest BCUT2D eigenvalue weighted by molar-refractivity contribution is 0.0705. The minimum Gasteiger partial charge on any atom is -0.337 e. The van der Waals surface area contributed by atoms with Crippen LogP contribution in [-0.2, 0) is 9.84 Å². The maximum absolute atomic E-state index is 12.5. The number of amides is 1. The van der Waals surface area contributed by atoms with Crippen molar-refractivity contribution in [3.8, 4) is 0 Å². The van der Waals surface area contributed by atoms with Gasteiger partial charge in [-0.1, -0.05) is 19.1 Å². The molecule has 0 bridgehead atoms. The molecule has 1 aromatic rings. The van der Waals surface area contributed by atoms with Gasteiger partial charge in [0.25, 0.3) is 5.91 Å². The molecule has 0 saturated carbocycles. The number of rotatable bonds is 3. The highest BCUT2D eigenvalue weighted by molar-refractivity contribution is 7.91. The first-order valence-corrected chi connectivity index (χ1v) is 8.47. The van der Waals surface area contributed by atoms with E-state index in [0.717, 1.165) is 12.8 Å². The number of nitrogens with zero attached hydrogens (tertiary/aromatic N) is 1. The van der Waals surface area contributed by atoms with Crippen molar-refractivity contribution in [2.75, 3.05) is 18.8 Å². The van der Waals surface area contributed by atoms with Crippen LogP contribution < -0.4 is 5.73 Å². The van der Waals surface area contributed by atoms with Crippen LogP contribution in [-0.4, -0.2) is 44.1 Å². The number of carbonyl (C=O) groups excluding carboxylic acids is 1. The van der Waals surface area contributed by atoms with E-state index < -0.39 is 9.84 Å². The first-order chi connectivity index (χ1) is 9.45. The SMILES string of the molecule is CCS(=O)(=O)c1ccccc1C(=O)N1CCCC(N)C1. The summed E-state index contributed by atoms with van der Waals surface area (Å²) in [6, 6.07) is 6.37. The predicted octanol–water partition coefficient (Wildman–Crippen LogP) is 1.04. The Morgan fingerprint density at radius 3 is 2.75 bits per heavy atom. The maximum atomic E-state index is 12.5. The number of benzene rings is 1. The highest BCUT2D eigenvalue weighted by atomic mass is 32.2. The minimum atomic E-state index is -3.40. The van der Waals surface area contributed by atoms with E-state index in [-0.39, 0.29) is 28.2 Å². The fourth-order valence-electron chi connectivity index (χ4n) is 2.43. The van der Waals surface area contributed by atoms with Gasteiger partial charge in [0.2, 0.25) is 0 Å². The van der Waals surface area contributed by atoms with Crippen molar-refractivity contribution in [3.05, 3.63) is 29.8 Å². The Morgan fingerprint density at radius 1 is 1.40 bits per heavy atom. The van der Waals surface area contributed by atoms with Crippen molar-refractivity contribution in [1.82, 2.24) is 4.90 Å². The molecule has 2 N–H and O–H groups in total. The summed E-state index contributed by atoms with van der Waals surface area (Å²) in [4.78, 5) is 14.3. The minimum absolute atomic E-state index is 0.0171. The highest BCUT2D eigenvalue weighted by Crippen LogP contribution is 2.20. The van der Waals surface area contributed by atoms with Crippen LogP contribution in [0.5, 0.6) is 0 Å². The third kappa shape index (κ3) is 3.02. The summed E-state index contributed by atoms with van der Waals surface area (Å²) in [5.41, 5.74) is 6.13. The summed E-state index contributed by atoms with van der Waals surface area (Å²) >= 11 is 0. The second-order valence-corrected chi connectivity index (χ2v) is 7.30. The normalized spacial score (nSPS) is 19.9. The van der Waals surface area contributed by atoms with Gasteiger partial charge in [-0.05, 0) is 25.0 Å². The number of likely N-dealkylation sites (tertiary alicyclic amines) is 1. The fourth-order valence-corrected chi connectivity index (χ4v) is 3.52. The lowest BCUT2D eigenvalue weighted by atomic mass is 10.1. The average Bonchev–Trinajstić information content (AvgIpc) is 2.46. The first-order valence-electron chi connectivity index (χ1n) is 6.82. The topological polar surface area (TPSA) is 80.5 Å². The molecule has 0 aliphatic carbocycles. The van der Waals surface area contributed by atoms with Gasteiger partial charge in [-0.15, -0.1) is 0 Å². The van der Waals surface area contributed by atoms with Gasteiger partial charge < -0.3 is 10.6 Å². The molecule has 1 aliphatic rings. The molecule has 0 aromatic heterocycles. The van der Waals surface area contributed by atoms with Gasteiger partial charge in [-0.25, -0.2) is 8.42 Å². The first kappa shape index (κ1) is 15.0. The molecule has 1 aromatic carbocycles. The smallest absolute Gasteiger partial charge is 0.255 e. The zero-order valence-corrected chi connectivity index (χ0v) is 12.4. The Bertz CT molecular complexity index is 598. The second-order valence-electron chi connectivity index (χ2n) is 5.05. The molecule has 6 heteroatoms. The highest BCUT2D eigenvalue weighted by Gasteiger charge is 2.27. The molecule has 5 nitrogen and oxygen atoms in total. The molecular weight excluding hydrogens is 276 g/mol. The number of nitrogens with two attached hydrogens (primary N) is 1. The van der Waals surface area contributed by atoms with Crippen LogP contribution in [0.3, 0.4) is 0 Å². The fraction of sp³-hybridized carbons (Fsp3) is 0.500. The summed E-state index contributed by atoms with van der Waals surface area (Å²) < 4.78 is 24.2. The summed E-state index contributed by atoms with van der Waals surface area (Å²) in [5.74, 6) is -0.260. The standard InChI is InChI=1S/C14H20N2O3S/c1-2-20(18,19)13-8-4-3-7-12(13)14(17)16-9-5-6-11(15)10-16/h3-4,7-8,11H,2,5-6,9-10,15H2,1H3. The average molecular weight is 296 g/mol. The molecule has 0 spiro atoms. The van der Waals surface area contributed by atoms with Crippen LogP contribution in [0.25, 0.3) is 0 Å². The van der Waals surface area contributed by atoms with E-state index >= 15 is 0 Å². The molecule has 1 saturated heterocycles. The van der Waals surface area contributed by atoms with Crippen molar-refractivity contribution < 1.29 is 13.2 Å². The van der Waals surface area contributed by atoms with E-state index in [0.29, 0.717) is 13.1 Å². The van der Waals surface area contributed by atoms with Crippen LogP contribution in [0.1, 0.15) is 30.1 Å². The number of sulfone groups is 1. The van der Waals surface area contributed by atoms with E-state index in [1.807, 2.05) is 0 Å². The zero-order valence-electron chi connectivity index (χ0n) is 11.6. The van der Waals surface area contributed by atoms with E-state index in [4.69, 9.17) is 5.73 Å². The number of piperidine rings is 1. The van der Waals surface area contributed by atoms with Crippen molar-refractivity contribution in [2.24, 2.45) is 5.73 Å². The monoisotopic (exact) mass is 296 g/mol. The largest absolute Gasteiger partial charge is 0.337 e. The van der Waals surface area contributed by atoms with Crippen molar-refractivity contribution in [1.29, 1.82) is 0 Å². The Kier molecular flexibility index (Phi) is 4.45. The molecule has 2 rings (SSSR count). The molecule has 1 unspecified atom stereocenters. The molecule has 1 fully saturated rings. The van der Waals surface area contributed by atoms with E-state index in [1.54, 1.807) is 30.0 Å². The third-order valence-corrected chi connectivity index (χ3v) is 5.36. The summed E-state index contributed by atoms with van der Waals surface area (Å²) in [5, 5.41) is 0. The second kappa shape index (κ2) is 5.93. The molecule has 1 atom stereocenters. The van der Waals surface area contributed by atoms with Crippen molar-refractivity contribution in [2.45, 2.75) is 30.7 Å². The number of hydrogen-bond donors (Lipinski definition) is 1. The lowest BCUT2D eigenvalue weighted by Crippen LogP contribution is -2.46. The van der Waals surface area contributed by atoms with Gasteiger partial charge in [-0.2, -0.15) is 0 Å². The van der Waals surface area contributed by atoms with Crippen LogP contribution in [0.15, 0.2) is 29.2 Å². The van der Waals surface area contributed by atoms with E-state index in [2.05, 4.69) is 0 Å². The molecule has 0 radical (unpaired) electrons.